The molecule has 1 amide bonds. The SMILES string of the molecule is Cc1ccccc1-c1noc(CN2CCN(C(=O)COc3ccccc3)CC2)n1. The lowest BCUT2D eigenvalue weighted by atomic mass is 10.1. The first-order valence-corrected chi connectivity index (χ1v) is 9.75. The topological polar surface area (TPSA) is 71.7 Å². The molecular formula is C22H24N4O3. The van der Waals surface area contributed by atoms with Crippen molar-refractivity contribution < 1.29 is 14.1 Å². The van der Waals surface area contributed by atoms with E-state index in [0.717, 1.165) is 24.2 Å². The van der Waals surface area contributed by atoms with Crippen LogP contribution in [0.2, 0.25) is 0 Å². The van der Waals surface area contributed by atoms with Gasteiger partial charge in [-0.15, -0.1) is 0 Å². The summed E-state index contributed by atoms with van der Waals surface area (Å²) in [4.78, 5) is 21.0. The Morgan fingerprint density at radius 3 is 2.52 bits per heavy atom. The molecule has 3 aromatic rings. The first-order chi connectivity index (χ1) is 14.2. The van der Waals surface area contributed by atoms with E-state index in [1.54, 1.807) is 0 Å². The van der Waals surface area contributed by atoms with Crippen LogP contribution in [0.1, 0.15) is 11.5 Å². The minimum atomic E-state index is 0.00753. The zero-order valence-corrected chi connectivity index (χ0v) is 16.5. The van der Waals surface area contributed by atoms with Crippen molar-refractivity contribution in [2.75, 3.05) is 32.8 Å². The number of hydrogen-bond acceptors (Lipinski definition) is 6. The maximum Gasteiger partial charge on any atom is 0.260 e. The van der Waals surface area contributed by atoms with Crippen LogP contribution in [0.15, 0.2) is 59.1 Å². The van der Waals surface area contributed by atoms with Crippen LogP contribution in [0.4, 0.5) is 0 Å². The van der Waals surface area contributed by atoms with E-state index in [9.17, 15) is 4.79 Å². The summed E-state index contributed by atoms with van der Waals surface area (Å²) in [6.07, 6.45) is 0. The molecule has 1 saturated heterocycles. The highest BCUT2D eigenvalue weighted by molar-refractivity contribution is 5.77. The van der Waals surface area contributed by atoms with E-state index in [0.29, 0.717) is 37.1 Å². The van der Waals surface area contributed by atoms with Crippen molar-refractivity contribution in [1.29, 1.82) is 0 Å². The quantitative estimate of drug-likeness (QED) is 0.642. The number of amides is 1. The number of carbonyl (C=O) groups excluding carboxylic acids is 1. The molecule has 2 aromatic carbocycles. The molecule has 0 N–H and O–H groups in total. The molecule has 0 bridgehead atoms. The molecule has 150 valence electrons. The Morgan fingerprint density at radius 1 is 1.03 bits per heavy atom. The maximum atomic E-state index is 12.4. The van der Waals surface area contributed by atoms with Gasteiger partial charge >= 0.3 is 0 Å². The lowest BCUT2D eigenvalue weighted by Crippen LogP contribution is -2.49. The van der Waals surface area contributed by atoms with Crippen molar-refractivity contribution in [3.05, 3.63) is 66.1 Å². The number of para-hydroxylation sites is 1. The minimum absolute atomic E-state index is 0.00753. The molecule has 1 aliphatic rings. The van der Waals surface area contributed by atoms with Gasteiger partial charge in [0.25, 0.3) is 5.91 Å². The molecule has 0 radical (unpaired) electrons. The summed E-state index contributed by atoms with van der Waals surface area (Å²) >= 11 is 0. The lowest BCUT2D eigenvalue weighted by molar-refractivity contribution is -0.135. The van der Waals surface area contributed by atoms with Gasteiger partial charge in [0.2, 0.25) is 11.7 Å². The highest BCUT2D eigenvalue weighted by atomic mass is 16.5. The van der Waals surface area contributed by atoms with Gasteiger partial charge in [0.1, 0.15) is 5.75 Å². The number of aromatic nitrogens is 2. The van der Waals surface area contributed by atoms with E-state index in [4.69, 9.17) is 9.26 Å². The molecule has 0 atom stereocenters. The third kappa shape index (κ3) is 4.81. The molecule has 2 heterocycles. The number of nitrogens with zero attached hydrogens (tertiary/aromatic N) is 4. The Hall–Kier alpha value is -3.19. The number of carbonyl (C=O) groups is 1. The highest BCUT2D eigenvalue weighted by Crippen LogP contribution is 2.20. The minimum Gasteiger partial charge on any atom is -0.484 e. The van der Waals surface area contributed by atoms with Gasteiger partial charge in [-0.25, -0.2) is 0 Å². The van der Waals surface area contributed by atoms with Crippen molar-refractivity contribution >= 4 is 5.91 Å². The van der Waals surface area contributed by atoms with Crippen LogP contribution in [-0.2, 0) is 11.3 Å². The Morgan fingerprint density at radius 2 is 1.76 bits per heavy atom. The van der Waals surface area contributed by atoms with Crippen molar-refractivity contribution in [3.63, 3.8) is 0 Å². The lowest BCUT2D eigenvalue weighted by Gasteiger charge is -2.33. The average Bonchev–Trinajstić information content (AvgIpc) is 3.22. The predicted molar refractivity (Wildman–Crippen MR) is 108 cm³/mol. The van der Waals surface area contributed by atoms with E-state index >= 15 is 0 Å². The fourth-order valence-electron chi connectivity index (χ4n) is 3.35. The molecule has 29 heavy (non-hydrogen) atoms. The largest absolute Gasteiger partial charge is 0.484 e. The first-order valence-electron chi connectivity index (χ1n) is 9.75. The Balaban J connectivity index is 1.26. The normalized spacial score (nSPS) is 14.7. The third-order valence-electron chi connectivity index (χ3n) is 5.04. The van der Waals surface area contributed by atoms with Crippen molar-refractivity contribution in [3.8, 4) is 17.1 Å². The van der Waals surface area contributed by atoms with E-state index < -0.39 is 0 Å². The second kappa shape index (κ2) is 8.87. The van der Waals surface area contributed by atoms with Gasteiger partial charge in [-0.1, -0.05) is 47.6 Å². The van der Waals surface area contributed by atoms with Gasteiger partial charge in [-0.05, 0) is 24.6 Å². The molecule has 1 aromatic heterocycles. The molecule has 1 fully saturated rings. The Labute approximate surface area is 169 Å². The van der Waals surface area contributed by atoms with Gasteiger partial charge in [0.05, 0.1) is 6.54 Å². The molecule has 7 nitrogen and oxygen atoms in total. The molecule has 7 heteroatoms. The van der Waals surface area contributed by atoms with Gasteiger partial charge in [-0.3, -0.25) is 9.69 Å². The van der Waals surface area contributed by atoms with Crippen LogP contribution in [0.3, 0.4) is 0 Å². The van der Waals surface area contributed by atoms with Crippen LogP contribution in [0.5, 0.6) is 5.75 Å². The highest BCUT2D eigenvalue weighted by Gasteiger charge is 2.23. The smallest absolute Gasteiger partial charge is 0.260 e. The molecule has 1 aliphatic heterocycles. The Kier molecular flexibility index (Phi) is 5.86. The number of rotatable bonds is 6. The predicted octanol–water partition coefficient (Wildman–Crippen LogP) is 2.77. The fourth-order valence-corrected chi connectivity index (χ4v) is 3.35. The summed E-state index contributed by atoms with van der Waals surface area (Å²) in [7, 11) is 0. The van der Waals surface area contributed by atoms with E-state index in [-0.39, 0.29) is 12.5 Å². The standard InChI is InChI=1S/C22H24N4O3/c1-17-7-5-6-10-19(17)22-23-20(29-24-22)15-25-11-13-26(14-12-25)21(27)16-28-18-8-3-2-4-9-18/h2-10H,11-16H2,1H3. The van der Waals surface area contributed by atoms with Crippen LogP contribution < -0.4 is 4.74 Å². The summed E-state index contributed by atoms with van der Waals surface area (Å²) in [5, 5.41) is 4.12. The number of hydrogen-bond donors (Lipinski definition) is 0. The number of benzene rings is 2. The van der Waals surface area contributed by atoms with Gasteiger partial charge in [0, 0.05) is 31.7 Å². The van der Waals surface area contributed by atoms with Gasteiger partial charge in [-0.2, -0.15) is 4.98 Å². The zero-order valence-electron chi connectivity index (χ0n) is 16.5. The van der Waals surface area contributed by atoms with Crippen LogP contribution in [0.25, 0.3) is 11.4 Å². The molecule has 0 aliphatic carbocycles. The van der Waals surface area contributed by atoms with Crippen LogP contribution >= 0.6 is 0 Å². The summed E-state index contributed by atoms with van der Waals surface area (Å²) in [5.41, 5.74) is 2.10. The molecule has 0 saturated carbocycles. The van der Waals surface area contributed by atoms with Crippen molar-refractivity contribution in [2.24, 2.45) is 0 Å². The van der Waals surface area contributed by atoms with Gasteiger partial charge in [0.15, 0.2) is 6.61 Å². The summed E-state index contributed by atoms with van der Waals surface area (Å²) in [5.74, 6) is 1.92. The van der Waals surface area contributed by atoms with Crippen LogP contribution in [-0.4, -0.2) is 58.6 Å². The molecule has 0 spiro atoms. The summed E-state index contributed by atoms with van der Waals surface area (Å²) in [6, 6.07) is 17.4. The van der Waals surface area contributed by atoms with Crippen LogP contribution in [0, 0.1) is 6.92 Å². The Bertz CT molecular complexity index is 949. The average molecular weight is 392 g/mol. The van der Waals surface area contributed by atoms with E-state index in [1.807, 2.05) is 66.4 Å². The summed E-state index contributed by atoms with van der Waals surface area (Å²) in [6.45, 7) is 5.53. The van der Waals surface area contributed by atoms with Crippen molar-refractivity contribution in [1.82, 2.24) is 19.9 Å². The summed E-state index contributed by atoms with van der Waals surface area (Å²) < 4.78 is 11.0. The number of ether oxygens (including phenoxy) is 1. The van der Waals surface area contributed by atoms with E-state index in [1.165, 1.54) is 0 Å². The molecular weight excluding hydrogens is 368 g/mol. The fraction of sp³-hybridized carbons (Fsp3) is 0.318. The number of piperazine rings is 1. The maximum absolute atomic E-state index is 12.4. The second-order valence-electron chi connectivity index (χ2n) is 7.09. The molecule has 0 unspecified atom stereocenters. The van der Waals surface area contributed by atoms with Crippen molar-refractivity contribution in [2.45, 2.75) is 13.5 Å². The first kappa shape index (κ1) is 19.1. The van der Waals surface area contributed by atoms with Gasteiger partial charge < -0.3 is 14.2 Å². The van der Waals surface area contributed by atoms with E-state index in [2.05, 4.69) is 15.0 Å². The molecule has 4 rings (SSSR count). The zero-order chi connectivity index (χ0) is 20.1. The number of aryl methyl sites for hydroxylation is 1. The monoisotopic (exact) mass is 392 g/mol. The third-order valence-corrected chi connectivity index (χ3v) is 5.04. The second-order valence-corrected chi connectivity index (χ2v) is 7.09.